The molecule has 130 valence electrons. The first kappa shape index (κ1) is 19.4. The maximum absolute atomic E-state index is 11.7. The van der Waals surface area contributed by atoms with Crippen molar-refractivity contribution in [2.45, 2.75) is 64.8 Å². The SMILES string of the molecule is CC(C)CS(=O)(=O)CCC(=O)NCCNC1CCCCCC1. The maximum Gasteiger partial charge on any atom is 0.221 e. The fourth-order valence-electron chi connectivity index (χ4n) is 2.89. The third kappa shape index (κ3) is 9.41. The number of nitrogens with one attached hydrogen (secondary N) is 2. The molecule has 1 aliphatic rings. The van der Waals surface area contributed by atoms with Gasteiger partial charge in [-0.25, -0.2) is 8.42 Å². The molecule has 2 N–H and O–H groups in total. The molecule has 0 aromatic rings. The Balaban J connectivity index is 2.10. The number of sulfone groups is 1. The van der Waals surface area contributed by atoms with Gasteiger partial charge in [-0.15, -0.1) is 0 Å². The lowest BCUT2D eigenvalue weighted by Gasteiger charge is -2.16. The van der Waals surface area contributed by atoms with Crippen molar-refractivity contribution < 1.29 is 13.2 Å². The van der Waals surface area contributed by atoms with E-state index in [1.165, 1.54) is 38.5 Å². The Bertz CT molecular complexity index is 413. The van der Waals surface area contributed by atoms with Gasteiger partial charge in [-0.1, -0.05) is 39.5 Å². The van der Waals surface area contributed by atoms with Crippen LogP contribution in [0.1, 0.15) is 58.8 Å². The molecule has 1 aliphatic carbocycles. The minimum Gasteiger partial charge on any atom is -0.355 e. The molecular formula is C16H32N2O3S. The second-order valence-electron chi connectivity index (χ2n) is 6.75. The molecule has 1 fully saturated rings. The summed E-state index contributed by atoms with van der Waals surface area (Å²) in [4.78, 5) is 11.7. The zero-order valence-corrected chi connectivity index (χ0v) is 14.9. The van der Waals surface area contributed by atoms with Gasteiger partial charge in [0.05, 0.1) is 11.5 Å². The van der Waals surface area contributed by atoms with Crippen LogP contribution in [0.2, 0.25) is 0 Å². The molecule has 1 saturated carbocycles. The van der Waals surface area contributed by atoms with Gasteiger partial charge in [0, 0.05) is 25.6 Å². The lowest BCUT2D eigenvalue weighted by atomic mass is 10.1. The number of hydrogen-bond donors (Lipinski definition) is 2. The Morgan fingerprint density at radius 1 is 1.09 bits per heavy atom. The lowest BCUT2D eigenvalue weighted by Crippen LogP contribution is -2.37. The highest BCUT2D eigenvalue weighted by Gasteiger charge is 2.15. The quantitative estimate of drug-likeness (QED) is 0.499. The molecule has 0 aromatic carbocycles. The number of carbonyl (C=O) groups excluding carboxylic acids is 1. The molecule has 0 radical (unpaired) electrons. The van der Waals surface area contributed by atoms with Crippen molar-refractivity contribution in [3.05, 3.63) is 0 Å². The number of carbonyl (C=O) groups is 1. The molecule has 22 heavy (non-hydrogen) atoms. The van der Waals surface area contributed by atoms with E-state index in [4.69, 9.17) is 0 Å². The van der Waals surface area contributed by atoms with Crippen LogP contribution in [0.4, 0.5) is 0 Å². The van der Waals surface area contributed by atoms with E-state index in [9.17, 15) is 13.2 Å². The topological polar surface area (TPSA) is 75.3 Å². The van der Waals surface area contributed by atoms with Crippen LogP contribution in [-0.4, -0.2) is 45.0 Å². The fraction of sp³-hybridized carbons (Fsp3) is 0.938. The van der Waals surface area contributed by atoms with Crippen molar-refractivity contribution in [3.63, 3.8) is 0 Å². The Hall–Kier alpha value is -0.620. The van der Waals surface area contributed by atoms with Gasteiger partial charge in [-0.3, -0.25) is 4.79 Å². The van der Waals surface area contributed by atoms with Gasteiger partial charge in [0.2, 0.25) is 5.91 Å². The van der Waals surface area contributed by atoms with Gasteiger partial charge in [0.15, 0.2) is 9.84 Å². The van der Waals surface area contributed by atoms with Crippen LogP contribution in [0, 0.1) is 5.92 Å². The van der Waals surface area contributed by atoms with E-state index in [1.807, 2.05) is 13.8 Å². The highest BCUT2D eigenvalue weighted by atomic mass is 32.2. The molecule has 6 heteroatoms. The molecule has 0 heterocycles. The van der Waals surface area contributed by atoms with Crippen LogP contribution < -0.4 is 10.6 Å². The first-order valence-corrected chi connectivity index (χ1v) is 10.4. The number of amides is 1. The highest BCUT2D eigenvalue weighted by Crippen LogP contribution is 2.16. The second-order valence-corrected chi connectivity index (χ2v) is 8.98. The molecule has 5 nitrogen and oxygen atoms in total. The minimum atomic E-state index is -3.10. The van der Waals surface area contributed by atoms with E-state index in [2.05, 4.69) is 10.6 Å². The predicted molar refractivity (Wildman–Crippen MR) is 90.6 cm³/mol. The average molecular weight is 333 g/mol. The molecule has 1 amide bonds. The Kier molecular flexibility index (Phi) is 9.02. The van der Waals surface area contributed by atoms with Crippen molar-refractivity contribution in [3.8, 4) is 0 Å². The van der Waals surface area contributed by atoms with E-state index < -0.39 is 9.84 Å². The van der Waals surface area contributed by atoms with Crippen molar-refractivity contribution in [1.29, 1.82) is 0 Å². The normalized spacial score (nSPS) is 17.4. The molecule has 0 aromatic heterocycles. The molecule has 0 atom stereocenters. The minimum absolute atomic E-state index is 0.0485. The summed E-state index contributed by atoms with van der Waals surface area (Å²) in [5.74, 6) is 0.0446. The molecule has 0 bridgehead atoms. The van der Waals surface area contributed by atoms with Crippen molar-refractivity contribution >= 4 is 15.7 Å². The summed E-state index contributed by atoms with van der Waals surface area (Å²) in [6, 6.07) is 0.575. The average Bonchev–Trinajstić information content (AvgIpc) is 2.69. The summed E-state index contributed by atoms with van der Waals surface area (Å²) < 4.78 is 23.4. The van der Waals surface area contributed by atoms with Crippen LogP contribution in [0.25, 0.3) is 0 Å². The van der Waals surface area contributed by atoms with Gasteiger partial charge in [0.25, 0.3) is 0 Å². The first-order valence-electron chi connectivity index (χ1n) is 8.59. The van der Waals surface area contributed by atoms with Crippen LogP contribution in [-0.2, 0) is 14.6 Å². The van der Waals surface area contributed by atoms with Gasteiger partial charge in [-0.2, -0.15) is 0 Å². The van der Waals surface area contributed by atoms with Crippen molar-refractivity contribution in [2.75, 3.05) is 24.6 Å². The van der Waals surface area contributed by atoms with E-state index in [1.54, 1.807) is 0 Å². The zero-order chi connectivity index (χ0) is 16.4. The molecule has 0 unspecified atom stereocenters. The van der Waals surface area contributed by atoms with Crippen LogP contribution in [0.15, 0.2) is 0 Å². The third-order valence-corrected chi connectivity index (χ3v) is 5.96. The van der Waals surface area contributed by atoms with E-state index in [0.29, 0.717) is 12.6 Å². The summed E-state index contributed by atoms with van der Waals surface area (Å²) in [7, 11) is -3.10. The number of hydrogen-bond acceptors (Lipinski definition) is 4. The molecular weight excluding hydrogens is 300 g/mol. The molecule has 0 aliphatic heterocycles. The van der Waals surface area contributed by atoms with Crippen molar-refractivity contribution in [2.24, 2.45) is 5.92 Å². The zero-order valence-electron chi connectivity index (χ0n) is 14.1. The Labute approximate surface area is 135 Å². The highest BCUT2D eigenvalue weighted by molar-refractivity contribution is 7.91. The fourth-order valence-corrected chi connectivity index (χ4v) is 4.57. The Morgan fingerprint density at radius 3 is 2.32 bits per heavy atom. The Morgan fingerprint density at radius 2 is 1.73 bits per heavy atom. The summed E-state index contributed by atoms with van der Waals surface area (Å²) in [5.41, 5.74) is 0. The van der Waals surface area contributed by atoms with Gasteiger partial charge < -0.3 is 10.6 Å². The van der Waals surface area contributed by atoms with Gasteiger partial charge in [-0.05, 0) is 18.8 Å². The smallest absolute Gasteiger partial charge is 0.221 e. The standard InChI is InChI=1S/C16H32N2O3S/c1-14(2)13-22(20,21)12-9-16(19)18-11-10-17-15-7-5-3-4-6-8-15/h14-15,17H,3-13H2,1-2H3,(H,18,19). The summed E-state index contributed by atoms with van der Waals surface area (Å²) in [5, 5.41) is 6.28. The lowest BCUT2D eigenvalue weighted by molar-refractivity contribution is -0.120. The molecule has 0 saturated heterocycles. The molecule has 0 spiro atoms. The van der Waals surface area contributed by atoms with Crippen LogP contribution in [0.5, 0.6) is 0 Å². The maximum atomic E-state index is 11.7. The van der Waals surface area contributed by atoms with Crippen LogP contribution >= 0.6 is 0 Å². The van der Waals surface area contributed by atoms with Crippen LogP contribution in [0.3, 0.4) is 0 Å². The monoisotopic (exact) mass is 332 g/mol. The number of rotatable bonds is 9. The molecule has 1 rings (SSSR count). The van der Waals surface area contributed by atoms with E-state index in [-0.39, 0.29) is 29.8 Å². The van der Waals surface area contributed by atoms with Gasteiger partial charge in [0.1, 0.15) is 0 Å². The van der Waals surface area contributed by atoms with E-state index in [0.717, 1.165) is 6.54 Å². The second kappa shape index (κ2) is 10.2. The summed E-state index contributed by atoms with van der Waals surface area (Å²) >= 11 is 0. The van der Waals surface area contributed by atoms with Crippen molar-refractivity contribution in [1.82, 2.24) is 10.6 Å². The third-order valence-electron chi connectivity index (χ3n) is 3.96. The largest absolute Gasteiger partial charge is 0.355 e. The predicted octanol–water partition coefficient (Wildman–Crippen LogP) is 1.88. The first-order chi connectivity index (χ1) is 10.4. The van der Waals surface area contributed by atoms with Gasteiger partial charge >= 0.3 is 0 Å². The van der Waals surface area contributed by atoms with E-state index >= 15 is 0 Å². The summed E-state index contributed by atoms with van der Waals surface area (Å²) in [6.07, 6.45) is 7.76. The summed E-state index contributed by atoms with van der Waals surface area (Å²) in [6.45, 7) is 5.07.